The lowest BCUT2D eigenvalue weighted by molar-refractivity contribution is -0.119. The van der Waals surface area contributed by atoms with Crippen molar-refractivity contribution in [3.63, 3.8) is 0 Å². The van der Waals surface area contributed by atoms with Gasteiger partial charge in [0.15, 0.2) is 0 Å². The summed E-state index contributed by atoms with van der Waals surface area (Å²) in [5.41, 5.74) is 2.29. The first-order valence-electron chi connectivity index (χ1n) is 6.74. The van der Waals surface area contributed by atoms with Gasteiger partial charge >= 0.3 is 0 Å². The molecular weight excluding hydrogens is 238 g/mol. The van der Waals surface area contributed by atoms with E-state index in [1.54, 1.807) is 0 Å². The van der Waals surface area contributed by atoms with Gasteiger partial charge in [0.2, 0.25) is 5.91 Å². The molecule has 0 aromatic heterocycles. The second-order valence-electron chi connectivity index (χ2n) is 5.25. The SMILES string of the molecule is CNCc1ccc(N(C)CC(=O)NCC(C)C)cc1. The third kappa shape index (κ3) is 5.75. The van der Waals surface area contributed by atoms with Crippen molar-refractivity contribution >= 4 is 11.6 Å². The highest BCUT2D eigenvalue weighted by atomic mass is 16.2. The maximum Gasteiger partial charge on any atom is 0.239 e. The van der Waals surface area contributed by atoms with E-state index in [9.17, 15) is 4.79 Å². The van der Waals surface area contributed by atoms with Crippen LogP contribution in [-0.4, -0.2) is 33.1 Å². The summed E-state index contributed by atoms with van der Waals surface area (Å²) in [4.78, 5) is 13.7. The van der Waals surface area contributed by atoms with Gasteiger partial charge in [-0.3, -0.25) is 4.79 Å². The van der Waals surface area contributed by atoms with E-state index in [2.05, 4.69) is 36.6 Å². The number of anilines is 1. The van der Waals surface area contributed by atoms with E-state index in [1.807, 2.05) is 31.1 Å². The monoisotopic (exact) mass is 263 g/mol. The molecule has 1 aromatic carbocycles. The van der Waals surface area contributed by atoms with E-state index in [1.165, 1.54) is 5.56 Å². The van der Waals surface area contributed by atoms with E-state index in [0.717, 1.165) is 18.8 Å². The molecule has 1 amide bonds. The molecule has 0 atom stereocenters. The third-order valence-electron chi connectivity index (χ3n) is 2.85. The molecule has 0 heterocycles. The Labute approximate surface area is 116 Å². The molecule has 106 valence electrons. The Bertz CT molecular complexity index is 387. The maximum atomic E-state index is 11.7. The largest absolute Gasteiger partial charge is 0.365 e. The standard InChI is InChI=1S/C15H25N3O/c1-12(2)9-17-15(19)11-18(4)14-7-5-13(6-8-14)10-16-3/h5-8,12,16H,9-11H2,1-4H3,(H,17,19). The van der Waals surface area contributed by atoms with Crippen molar-refractivity contribution in [2.75, 3.05) is 32.1 Å². The molecule has 0 aliphatic rings. The first kappa shape index (κ1) is 15.5. The summed E-state index contributed by atoms with van der Waals surface area (Å²) in [6.07, 6.45) is 0. The number of likely N-dealkylation sites (N-methyl/N-ethyl adjacent to an activating group) is 1. The fraction of sp³-hybridized carbons (Fsp3) is 0.533. The summed E-state index contributed by atoms with van der Waals surface area (Å²) < 4.78 is 0. The van der Waals surface area contributed by atoms with Crippen LogP contribution in [0.15, 0.2) is 24.3 Å². The zero-order chi connectivity index (χ0) is 14.3. The summed E-state index contributed by atoms with van der Waals surface area (Å²) >= 11 is 0. The molecule has 0 fully saturated rings. The van der Waals surface area contributed by atoms with Gasteiger partial charge in [-0.05, 0) is 30.7 Å². The molecule has 0 saturated carbocycles. The van der Waals surface area contributed by atoms with Gasteiger partial charge in [-0.1, -0.05) is 26.0 Å². The molecule has 0 aliphatic heterocycles. The molecule has 0 aliphatic carbocycles. The second-order valence-corrected chi connectivity index (χ2v) is 5.25. The molecule has 0 unspecified atom stereocenters. The highest BCUT2D eigenvalue weighted by Crippen LogP contribution is 2.13. The van der Waals surface area contributed by atoms with Crippen LogP contribution in [0.1, 0.15) is 19.4 Å². The summed E-state index contributed by atoms with van der Waals surface area (Å²) in [7, 11) is 3.86. The smallest absolute Gasteiger partial charge is 0.239 e. The Hall–Kier alpha value is -1.55. The van der Waals surface area contributed by atoms with Crippen LogP contribution >= 0.6 is 0 Å². The molecule has 4 heteroatoms. The lowest BCUT2D eigenvalue weighted by Gasteiger charge is -2.19. The van der Waals surface area contributed by atoms with Gasteiger partial charge in [0.1, 0.15) is 0 Å². The summed E-state index contributed by atoms with van der Waals surface area (Å²) in [6.45, 7) is 6.15. The number of benzene rings is 1. The quantitative estimate of drug-likeness (QED) is 0.785. The molecule has 0 radical (unpaired) electrons. The van der Waals surface area contributed by atoms with Crippen LogP contribution in [0, 0.1) is 5.92 Å². The van der Waals surface area contributed by atoms with Crippen molar-refractivity contribution in [2.24, 2.45) is 5.92 Å². The Morgan fingerprint density at radius 3 is 2.42 bits per heavy atom. The molecule has 1 rings (SSSR count). The van der Waals surface area contributed by atoms with E-state index >= 15 is 0 Å². The first-order chi connectivity index (χ1) is 9.02. The number of amides is 1. The number of hydrogen-bond acceptors (Lipinski definition) is 3. The maximum absolute atomic E-state index is 11.7. The van der Waals surface area contributed by atoms with Gasteiger partial charge in [0.05, 0.1) is 6.54 Å². The van der Waals surface area contributed by atoms with Crippen LogP contribution in [-0.2, 0) is 11.3 Å². The predicted octanol–water partition coefficient (Wildman–Crippen LogP) is 1.61. The topological polar surface area (TPSA) is 44.4 Å². The van der Waals surface area contributed by atoms with Gasteiger partial charge in [0, 0.05) is 25.8 Å². The van der Waals surface area contributed by atoms with Crippen LogP contribution < -0.4 is 15.5 Å². The van der Waals surface area contributed by atoms with E-state index < -0.39 is 0 Å². The molecule has 0 saturated heterocycles. The molecule has 4 nitrogen and oxygen atoms in total. The van der Waals surface area contributed by atoms with Crippen LogP contribution in [0.4, 0.5) is 5.69 Å². The minimum atomic E-state index is 0.0653. The minimum absolute atomic E-state index is 0.0653. The van der Waals surface area contributed by atoms with Crippen LogP contribution in [0.3, 0.4) is 0 Å². The fourth-order valence-corrected chi connectivity index (χ4v) is 1.75. The van der Waals surface area contributed by atoms with Gasteiger partial charge in [-0.25, -0.2) is 0 Å². The molecule has 2 N–H and O–H groups in total. The van der Waals surface area contributed by atoms with Crippen molar-refractivity contribution in [2.45, 2.75) is 20.4 Å². The van der Waals surface area contributed by atoms with Gasteiger partial charge in [-0.15, -0.1) is 0 Å². The van der Waals surface area contributed by atoms with Gasteiger partial charge < -0.3 is 15.5 Å². The third-order valence-corrected chi connectivity index (χ3v) is 2.85. The molecule has 0 bridgehead atoms. The summed E-state index contributed by atoms with van der Waals surface area (Å²) in [6, 6.07) is 8.24. The number of hydrogen-bond donors (Lipinski definition) is 2. The number of nitrogens with zero attached hydrogens (tertiary/aromatic N) is 1. The van der Waals surface area contributed by atoms with Crippen LogP contribution in [0.25, 0.3) is 0 Å². The molecule has 1 aromatic rings. The van der Waals surface area contributed by atoms with Crippen LogP contribution in [0.2, 0.25) is 0 Å². The second kappa shape index (κ2) is 7.79. The molecule has 0 spiro atoms. The van der Waals surface area contributed by atoms with Crippen molar-refractivity contribution in [1.82, 2.24) is 10.6 Å². The Balaban J connectivity index is 2.48. The average molecular weight is 263 g/mol. The van der Waals surface area contributed by atoms with Crippen molar-refractivity contribution in [3.05, 3.63) is 29.8 Å². The highest BCUT2D eigenvalue weighted by Gasteiger charge is 2.07. The minimum Gasteiger partial charge on any atom is -0.365 e. The lowest BCUT2D eigenvalue weighted by Crippen LogP contribution is -2.36. The zero-order valence-corrected chi connectivity index (χ0v) is 12.4. The van der Waals surface area contributed by atoms with Gasteiger partial charge in [-0.2, -0.15) is 0 Å². The number of carbonyl (C=O) groups excluding carboxylic acids is 1. The fourth-order valence-electron chi connectivity index (χ4n) is 1.75. The van der Waals surface area contributed by atoms with Gasteiger partial charge in [0.25, 0.3) is 0 Å². The first-order valence-corrected chi connectivity index (χ1v) is 6.74. The number of nitrogens with one attached hydrogen (secondary N) is 2. The van der Waals surface area contributed by atoms with Crippen molar-refractivity contribution in [3.8, 4) is 0 Å². The van der Waals surface area contributed by atoms with E-state index in [4.69, 9.17) is 0 Å². The van der Waals surface area contributed by atoms with E-state index in [-0.39, 0.29) is 5.91 Å². The summed E-state index contributed by atoms with van der Waals surface area (Å²) in [5.74, 6) is 0.547. The predicted molar refractivity (Wildman–Crippen MR) is 80.3 cm³/mol. The Morgan fingerprint density at radius 1 is 1.26 bits per heavy atom. The Kier molecular flexibility index (Phi) is 6.36. The average Bonchev–Trinajstić information content (AvgIpc) is 2.37. The number of carbonyl (C=O) groups is 1. The summed E-state index contributed by atoms with van der Waals surface area (Å²) in [5, 5.41) is 6.04. The molecular formula is C15H25N3O. The van der Waals surface area contributed by atoms with Crippen molar-refractivity contribution in [1.29, 1.82) is 0 Å². The number of rotatable bonds is 7. The zero-order valence-electron chi connectivity index (χ0n) is 12.4. The molecule has 19 heavy (non-hydrogen) atoms. The lowest BCUT2D eigenvalue weighted by atomic mass is 10.2. The highest BCUT2D eigenvalue weighted by molar-refractivity contribution is 5.81. The Morgan fingerprint density at radius 2 is 1.89 bits per heavy atom. The van der Waals surface area contributed by atoms with Crippen molar-refractivity contribution < 1.29 is 4.79 Å². The van der Waals surface area contributed by atoms with Crippen LogP contribution in [0.5, 0.6) is 0 Å². The normalized spacial score (nSPS) is 10.6. The van der Waals surface area contributed by atoms with E-state index in [0.29, 0.717) is 12.5 Å².